The van der Waals surface area contributed by atoms with Crippen molar-refractivity contribution in [3.8, 4) is 11.1 Å². The first-order valence-corrected chi connectivity index (χ1v) is 6.22. The number of hydrogen-bond donors (Lipinski definition) is 0. The molecule has 0 nitrogen and oxygen atoms in total. The van der Waals surface area contributed by atoms with Gasteiger partial charge in [-0.05, 0) is 57.8 Å². The fourth-order valence-electron chi connectivity index (χ4n) is 1.61. The van der Waals surface area contributed by atoms with Gasteiger partial charge in [0.15, 0.2) is 0 Å². The van der Waals surface area contributed by atoms with Crippen molar-refractivity contribution in [3.05, 3.63) is 57.7 Å². The van der Waals surface area contributed by atoms with Crippen LogP contribution in [0.15, 0.2) is 48.5 Å². The molecule has 0 aliphatic carbocycles. The zero-order chi connectivity index (χ0) is 10.7. The summed E-state index contributed by atoms with van der Waals surface area (Å²) in [5, 5.41) is 0. The fourth-order valence-corrected chi connectivity index (χ4v) is 1.97. The van der Waals surface area contributed by atoms with Crippen molar-refractivity contribution in [2.45, 2.75) is 13.3 Å². The summed E-state index contributed by atoms with van der Waals surface area (Å²) in [5.74, 6) is 0. The summed E-state index contributed by atoms with van der Waals surface area (Å²) in [5.41, 5.74) is 4.00. The molecule has 0 amide bonds. The summed E-state index contributed by atoms with van der Waals surface area (Å²) in [4.78, 5) is 0. The first-order chi connectivity index (χ1) is 7.29. The van der Waals surface area contributed by atoms with E-state index in [9.17, 15) is 0 Å². The minimum atomic E-state index is 1.10. The fraction of sp³-hybridized carbons (Fsp3) is 0.143. The van der Waals surface area contributed by atoms with Gasteiger partial charge in [0, 0.05) is 3.57 Å². The van der Waals surface area contributed by atoms with Gasteiger partial charge in [-0.2, -0.15) is 0 Å². The highest BCUT2D eigenvalue weighted by Crippen LogP contribution is 2.21. The molecule has 0 aliphatic heterocycles. The second-order valence-electron chi connectivity index (χ2n) is 3.56. The van der Waals surface area contributed by atoms with Gasteiger partial charge in [-0.15, -0.1) is 0 Å². The minimum absolute atomic E-state index is 1.10. The van der Waals surface area contributed by atoms with E-state index >= 15 is 0 Å². The summed E-state index contributed by atoms with van der Waals surface area (Å²) in [6.07, 6.45) is 1.10. The third kappa shape index (κ3) is 2.59. The second-order valence-corrected chi connectivity index (χ2v) is 4.81. The van der Waals surface area contributed by atoms with E-state index < -0.39 is 0 Å². The molecule has 0 aliphatic rings. The number of rotatable bonds is 2. The second kappa shape index (κ2) is 4.79. The molecule has 0 saturated carbocycles. The molecule has 76 valence electrons. The largest absolute Gasteiger partial charge is 0.0614 e. The van der Waals surface area contributed by atoms with Crippen molar-refractivity contribution in [1.29, 1.82) is 0 Å². The Kier molecular flexibility index (Phi) is 3.41. The molecule has 2 rings (SSSR count). The van der Waals surface area contributed by atoms with Gasteiger partial charge < -0.3 is 0 Å². The molecule has 15 heavy (non-hydrogen) atoms. The molecule has 0 radical (unpaired) electrons. The summed E-state index contributed by atoms with van der Waals surface area (Å²) in [7, 11) is 0. The van der Waals surface area contributed by atoms with Crippen LogP contribution in [0.3, 0.4) is 0 Å². The van der Waals surface area contributed by atoms with Crippen LogP contribution in [0.5, 0.6) is 0 Å². The van der Waals surface area contributed by atoms with Crippen molar-refractivity contribution in [3.63, 3.8) is 0 Å². The molecule has 0 bridgehead atoms. The number of halogens is 1. The maximum Gasteiger partial charge on any atom is 0.0130 e. The highest BCUT2D eigenvalue weighted by molar-refractivity contribution is 14.1. The zero-order valence-corrected chi connectivity index (χ0v) is 10.9. The lowest BCUT2D eigenvalue weighted by atomic mass is 10.0. The first kappa shape index (κ1) is 10.7. The molecule has 0 aromatic heterocycles. The summed E-state index contributed by atoms with van der Waals surface area (Å²) >= 11 is 2.33. The average molecular weight is 308 g/mol. The van der Waals surface area contributed by atoms with E-state index in [2.05, 4.69) is 78.0 Å². The first-order valence-electron chi connectivity index (χ1n) is 5.14. The molecule has 0 spiro atoms. The van der Waals surface area contributed by atoms with Crippen LogP contribution in [0.4, 0.5) is 0 Å². The molecular formula is C14H13I. The lowest BCUT2D eigenvalue weighted by molar-refractivity contribution is 1.14. The van der Waals surface area contributed by atoms with E-state index in [-0.39, 0.29) is 0 Å². The van der Waals surface area contributed by atoms with E-state index in [4.69, 9.17) is 0 Å². The van der Waals surface area contributed by atoms with Crippen LogP contribution in [0.1, 0.15) is 12.5 Å². The van der Waals surface area contributed by atoms with Crippen molar-refractivity contribution in [2.75, 3.05) is 0 Å². The van der Waals surface area contributed by atoms with Gasteiger partial charge in [-0.3, -0.25) is 0 Å². The van der Waals surface area contributed by atoms with Crippen LogP contribution in [0.2, 0.25) is 0 Å². The monoisotopic (exact) mass is 308 g/mol. The lowest BCUT2D eigenvalue weighted by Crippen LogP contribution is -1.82. The van der Waals surface area contributed by atoms with Crippen LogP contribution in [0, 0.1) is 3.57 Å². The van der Waals surface area contributed by atoms with Crippen molar-refractivity contribution in [1.82, 2.24) is 0 Å². The molecule has 1 heteroatoms. The highest BCUT2D eigenvalue weighted by atomic mass is 127. The quantitative estimate of drug-likeness (QED) is 0.716. The van der Waals surface area contributed by atoms with Crippen molar-refractivity contribution >= 4 is 22.6 Å². The van der Waals surface area contributed by atoms with E-state index in [1.807, 2.05) is 0 Å². The molecule has 0 saturated heterocycles. The third-order valence-electron chi connectivity index (χ3n) is 2.51. The Morgan fingerprint density at radius 2 is 1.67 bits per heavy atom. The Bertz CT molecular complexity index is 443. The van der Waals surface area contributed by atoms with Crippen molar-refractivity contribution < 1.29 is 0 Å². The van der Waals surface area contributed by atoms with Crippen LogP contribution in [-0.2, 0) is 6.42 Å². The topological polar surface area (TPSA) is 0 Å². The van der Waals surface area contributed by atoms with Gasteiger partial charge in [0.25, 0.3) is 0 Å². The number of benzene rings is 2. The Labute approximate surface area is 104 Å². The normalized spacial score (nSPS) is 10.3. The van der Waals surface area contributed by atoms with Crippen molar-refractivity contribution in [2.24, 2.45) is 0 Å². The van der Waals surface area contributed by atoms with Gasteiger partial charge in [-0.1, -0.05) is 43.3 Å². The summed E-state index contributed by atoms with van der Waals surface area (Å²) < 4.78 is 1.28. The van der Waals surface area contributed by atoms with E-state index in [1.54, 1.807) is 0 Å². The van der Waals surface area contributed by atoms with E-state index in [1.165, 1.54) is 20.3 Å². The predicted octanol–water partition coefficient (Wildman–Crippen LogP) is 4.52. The summed E-state index contributed by atoms with van der Waals surface area (Å²) in [6, 6.07) is 17.4. The standard InChI is InChI=1S/C14H13I/c1-2-11-4-3-5-13(10-11)12-6-8-14(15)9-7-12/h3-10H,2H2,1H3. The predicted molar refractivity (Wildman–Crippen MR) is 74.0 cm³/mol. The van der Waals surface area contributed by atoms with Crippen LogP contribution < -0.4 is 0 Å². The third-order valence-corrected chi connectivity index (χ3v) is 3.23. The Balaban J connectivity index is 2.40. The molecule has 0 unspecified atom stereocenters. The Morgan fingerprint density at radius 3 is 2.33 bits per heavy atom. The lowest BCUT2D eigenvalue weighted by Gasteiger charge is -2.04. The van der Waals surface area contributed by atoms with Gasteiger partial charge in [0.2, 0.25) is 0 Å². The molecule has 2 aromatic carbocycles. The van der Waals surface area contributed by atoms with Gasteiger partial charge in [-0.25, -0.2) is 0 Å². The smallest absolute Gasteiger partial charge is 0.0130 e. The van der Waals surface area contributed by atoms with Gasteiger partial charge in [0.05, 0.1) is 0 Å². The molecule has 0 fully saturated rings. The highest BCUT2D eigenvalue weighted by Gasteiger charge is 1.97. The maximum absolute atomic E-state index is 2.33. The minimum Gasteiger partial charge on any atom is -0.0614 e. The molecule has 0 heterocycles. The Hall–Kier alpha value is -0.830. The Morgan fingerprint density at radius 1 is 0.933 bits per heavy atom. The number of hydrogen-bond acceptors (Lipinski definition) is 0. The summed E-state index contributed by atoms with van der Waals surface area (Å²) in [6.45, 7) is 2.19. The SMILES string of the molecule is CCc1cccc(-c2ccc(I)cc2)c1. The van der Waals surface area contributed by atoms with E-state index in [0.29, 0.717) is 0 Å². The molecule has 0 N–H and O–H groups in total. The van der Waals surface area contributed by atoms with Crippen LogP contribution >= 0.6 is 22.6 Å². The van der Waals surface area contributed by atoms with E-state index in [0.717, 1.165) is 6.42 Å². The zero-order valence-electron chi connectivity index (χ0n) is 8.70. The van der Waals surface area contributed by atoms with Gasteiger partial charge in [0.1, 0.15) is 0 Å². The van der Waals surface area contributed by atoms with Gasteiger partial charge >= 0.3 is 0 Å². The number of aryl methyl sites for hydroxylation is 1. The molecule has 0 atom stereocenters. The average Bonchev–Trinajstić information content (AvgIpc) is 2.30. The van der Waals surface area contributed by atoms with Crippen LogP contribution in [0.25, 0.3) is 11.1 Å². The maximum atomic E-state index is 2.33. The molecule has 2 aromatic rings. The molecular weight excluding hydrogens is 295 g/mol. The van der Waals surface area contributed by atoms with Crippen LogP contribution in [-0.4, -0.2) is 0 Å².